The Morgan fingerprint density at radius 1 is 0.473 bits per heavy atom. The third-order valence-corrected chi connectivity index (χ3v) is 28.3. The molecule has 4 saturated heterocycles. The third kappa shape index (κ3) is 27.3. The van der Waals surface area contributed by atoms with Crippen molar-refractivity contribution in [2.45, 2.75) is 194 Å². The molecule has 792 valence electrons. The monoisotopic (exact) mass is 2060 g/mol. The molecule has 14 amide bonds. The van der Waals surface area contributed by atoms with Gasteiger partial charge in [-0.25, -0.2) is 28.0 Å². The number of fused-ring (bicyclic) bond motifs is 8. The number of carbonyl (C=O) groups excluding carboxylic acids is 14. The number of likely N-dealkylation sites (tertiary alicyclic amines) is 2. The Balaban J connectivity index is 0.000000224. The van der Waals surface area contributed by atoms with Crippen LogP contribution in [0.2, 0.25) is 0 Å². The van der Waals surface area contributed by atoms with Gasteiger partial charge in [0.2, 0.25) is 23.6 Å². The van der Waals surface area contributed by atoms with E-state index in [-0.39, 0.29) is 184 Å². The van der Waals surface area contributed by atoms with E-state index in [2.05, 4.69) is 62.3 Å². The van der Waals surface area contributed by atoms with Crippen LogP contribution in [0.25, 0.3) is 22.3 Å². The number of amides is 14. The van der Waals surface area contributed by atoms with Crippen molar-refractivity contribution in [2.24, 2.45) is 47.0 Å². The molecule has 0 spiro atoms. The van der Waals surface area contributed by atoms with E-state index >= 15 is 8.78 Å². The molecular formula is C108H128F2N22O18. The Morgan fingerprint density at radius 2 is 0.860 bits per heavy atom. The lowest BCUT2D eigenvalue weighted by atomic mass is 9.89. The van der Waals surface area contributed by atoms with Crippen LogP contribution in [0, 0.1) is 61.0 Å². The number of hydrogen-bond acceptors (Lipinski definition) is 28. The molecule has 0 unspecified atom stereocenters. The van der Waals surface area contributed by atoms with E-state index < -0.39 is 60.0 Å². The predicted octanol–water partition coefficient (Wildman–Crippen LogP) is 12.3. The Hall–Kier alpha value is -15.9. The number of aryl methyl sites for hydroxylation is 2. The number of benzene rings is 4. The van der Waals surface area contributed by atoms with Crippen LogP contribution >= 0.6 is 0 Å². The number of carbonyl (C=O) groups is 14. The molecular weight excluding hydrogens is 1930 g/mol. The summed E-state index contributed by atoms with van der Waals surface area (Å²) in [6.07, 6.45) is 14.0. The number of hydrogen-bond donors (Lipinski definition) is 10. The van der Waals surface area contributed by atoms with Gasteiger partial charge in [-0.2, -0.15) is 19.9 Å². The van der Waals surface area contributed by atoms with E-state index in [4.69, 9.17) is 50.4 Å². The summed E-state index contributed by atoms with van der Waals surface area (Å²) in [6, 6.07) is 23.7. The summed E-state index contributed by atoms with van der Waals surface area (Å²) in [5.74, 6) is -4.04. The molecule has 4 aromatic heterocycles. The minimum atomic E-state index is -0.851. The standard InChI is InChI=1S/2C54H64FN11O9/c2*1-31(2)49(62-45(68)10-6-5-7-21-66-46(69)17-18-47(66)70)44(67)23-34(9-8-20-58-52(56)72)51(71)60-37-14-12-33(13-15-37)30-74-54(73)65-22-19-35-28-64(29-43(35)65)50-48-40-24-36(55)25-41(57-4)39(40)26-42(48)61-53(63-50)75-38-16-11-32(3)59-27-38/h2*11-18,24-25,27,31,34-35,43,49,57H,5-10,19-23,26,28-30H2,1-4H3,(H,60,71)(H,62,68)(H3,56,58,72)/t34-,35+,43-,49+;34-,35-,43+,49+/m11/s1. The number of halogens is 2. The first-order valence-corrected chi connectivity index (χ1v) is 51.1. The van der Waals surface area contributed by atoms with Crippen LogP contribution < -0.4 is 73.3 Å². The molecule has 40 nitrogen and oxygen atoms in total. The number of nitrogens with one attached hydrogen (secondary N) is 8. The molecule has 6 aliphatic heterocycles. The highest BCUT2D eigenvalue weighted by Gasteiger charge is 2.49. The lowest BCUT2D eigenvalue weighted by Crippen LogP contribution is -2.45. The molecule has 2 aliphatic carbocycles. The van der Waals surface area contributed by atoms with Gasteiger partial charge in [0.25, 0.3) is 23.6 Å². The SMILES string of the molecule is CNc1cc(F)cc2c1Cc1nc(Oc3ccc(C)nc3)nc(N3C[C@@H]4CCN(C(=O)OCc5ccc(NC(=O)[C@H](CCCNC(N)=O)CC(=O)[C@@H](NC(=O)CCCCCN6C(=O)C=CC6=O)C(C)C)cc5)[C@@H]4C3)c1-2.CNc1cc(F)cc2c1Cc1nc(Oc3ccc(C)nc3)nc(N3C[C@H]4CCN(C(=O)OCc5ccc(NC(=O)[C@H](CCCNC(N)=O)CC(=O)[C@@H](NC(=O)CCCCCN6C(=O)C=CC6=O)C(C)C)cc5)[C@H]4C3)c1-2. The maximum Gasteiger partial charge on any atom is 0.410 e. The van der Waals surface area contributed by atoms with Gasteiger partial charge < -0.3 is 92.5 Å². The van der Waals surface area contributed by atoms with Gasteiger partial charge in [-0.3, -0.25) is 67.7 Å². The number of unbranched alkanes of at least 4 members (excludes halogenated alkanes) is 4. The summed E-state index contributed by atoms with van der Waals surface area (Å²) < 4.78 is 54.1. The largest absolute Gasteiger partial charge is 0.445 e. The first-order chi connectivity index (χ1) is 72.1. The van der Waals surface area contributed by atoms with Gasteiger partial charge in [0.1, 0.15) is 48.0 Å². The second kappa shape index (κ2) is 49.7. The van der Waals surface area contributed by atoms with Gasteiger partial charge in [-0.1, -0.05) is 64.8 Å². The predicted molar refractivity (Wildman–Crippen MR) is 552 cm³/mol. The second-order valence-electron chi connectivity index (χ2n) is 39.6. The number of rotatable bonds is 46. The molecule has 0 saturated carbocycles. The van der Waals surface area contributed by atoms with Gasteiger partial charge >= 0.3 is 36.3 Å². The average Bonchev–Trinajstić information content (AvgIpc) is 1.58. The number of ether oxygens (including phenoxy) is 4. The van der Waals surface area contributed by atoms with E-state index in [0.717, 1.165) is 56.3 Å². The lowest BCUT2D eigenvalue weighted by molar-refractivity contribution is -0.138. The average molecular weight is 2060 g/mol. The number of ketones is 2. The first kappa shape index (κ1) is 108. The topological polar surface area (TPSA) is 521 Å². The van der Waals surface area contributed by atoms with Gasteiger partial charge in [-0.15, -0.1) is 0 Å². The number of nitrogens with two attached hydrogens (primary N) is 2. The van der Waals surface area contributed by atoms with Crippen molar-refractivity contribution >= 4 is 117 Å². The highest BCUT2D eigenvalue weighted by molar-refractivity contribution is 6.13. The molecule has 16 rings (SSSR count). The quantitative estimate of drug-likeness (QED) is 0.0125. The number of pyridine rings is 2. The fourth-order valence-electron chi connectivity index (χ4n) is 20.5. The molecule has 10 heterocycles. The second-order valence-corrected chi connectivity index (χ2v) is 39.6. The van der Waals surface area contributed by atoms with Crippen LogP contribution in [-0.2, 0) is 83.5 Å². The van der Waals surface area contributed by atoms with Crippen LogP contribution in [0.4, 0.5) is 62.3 Å². The zero-order valence-corrected chi connectivity index (χ0v) is 85.3. The van der Waals surface area contributed by atoms with E-state index in [9.17, 15) is 67.1 Å². The van der Waals surface area contributed by atoms with E-state index in [1.54, 1.807) is 97.0 Å². The Labute approximate surface area is 866 Å². The molecule has 8 atom stereocenters. The van der Waals surface area contributed by atoms with E-state index in [1.165, 1.54) is 48.6 Å². The highest BCUT2D eigenvalue weighted by atomic mass is 19.1. The van der Waals surface area contributed by atoms with Gasteiger partial charge in [0.05, 0.1) is 47.9 Å². The number of Topliss-reactive ketones (excluding diaryl/α,β-unsaturated/α-hetero) is 2. The maximum absolute atomic E-state index is 15.0. The number of primary amides is 2. The Kier molecular flexibility index (Phi) is 35.9. The number of aromatic nitrogens is 6. The normalized spacial score (nSPS) is 17.1. The smallest absolute Gasteiger partial charge is 0.410 e. The van der Waals surface area contributed by atoms with Crippen LogP contribution in [0.3, 0.4) is 0 Å². The summed E-state index contributed by atoms with van der Waals surface area (Å²) in [5.41, 5.74) is 21.9. The van der Waals surface area contributed by atoms with Crippen LogP contribution in [0.5, 0.6) is 23.5 Å². The van der Waals surface area contributed by atoms with Crippen molar-refractivity contribution in [2.75, 3.05) is 111 Å². The fourth-order valence-corrected chi connectivity index (χ4v) is 20.5. The Morgan fingerprint density at radius 3 is 1.21 bits per heavy atom. The fraction of sp³-hybridized carbons (Fsp3) is 0.444. The number of anilines is 6. The van der Waals surface area contributed by atoms with Crippen molar-refractivity contribution in [3.63, 3.8) is 0 Å². The lowest BCUT2D eigenvalue weighted by Gasteiger charge is -2.26. The van der Waals surface area contributed by atoms with Crippen LogP contribution in [0.15, 0.2) is 134 Å². The maximum atomic E-state index is 15.0. The first-order valence-electron chi connectivity index (χ1n) is 51.1. The van der Waals surface area contributed by atoms with Gasteiger partial charge in [0.15, 0.2) is 11.6 Å². The summed E-state index contributed by atoms with van der Waals surface area (Å²) in [7, 11) is 3.51. The minimum Gasteiger partial charge on any atom is -0.445 e. The van der Waals surface area contributed by atoms with Gasteiger partial charge in [0, 0.05) is 211 Å². The molecule has 0 bridgehead atoms. The minimum absolute atomic E-state index is 0.0283. The summed E-state index contributed by atoms with van der Waals surface area (Å²) in [6.45, 7) is 15.0. The molecule has 4 fully saturated rings. The van der Waals surface area contributed by atoms with E-state index in [0.29, 0.717) is 183 Å². The molecule has 8 aromatic rings. The number of nitrogens with zero attached hydrogens (tertiary/aromatic N) is 12. The number of urea groups is 2. The zero-order chi connectivity index (χ0) is 107. The van der Waals surface area contributed by atoms with E-state index in [1.807, 2.05) is 53.7 Å². The zero-order valence-electron chi connectivity index (χ0n) is 85.3. The molecule has 4 aromatic carbocycles. The van der Waals surface area contributed by atoms with Crippen LogP contribution in [-0.4, -0.2) is 236 Å². The molecule has 0 radical (unpaired) electrons. The van der Waals surface area contributed by atoms with Crippen molar-refractivity contribution in [3.8, 4) is 45.8 Å². The van der Waals surface area contributed by atoms with Crippen LogP contribution in [0.1, 0.15) is 175 Å². The van der Waals surface area contributed by atoms with Crippen molar-refractivity contribution < 1.29 is 94.9 Å². The van der Waals surface area contributed by atoms with Crippen molar-refractivity contribution in [1.29, 1.82) is 0 Å². The summed E-state index contributed by atoms with van der Waals surface area (Å²) >= 11 is 0. The van der Waals surface area contributed by atoms with Gasteiger partial charge in [-0.05, 0) is 196 Å². The molecule has 8 aliphatic rings. The Bertz CT molecular complexity index is 6030. The summed E-state index contributed by atoms with van der Waals surface area (Å²) in [4.78, 5) is 217. The van der Waals surface area contributed by atoms with Crippen molar-refractivity contribution in [3.05, 3.63) is 190 Å². The van der Waals surface area contributed by atoms with Crippen molar-refractivity contribution in [1.82, 2.24) is 70.8 Å². The summed E-state index contributed by atoms with van der Waals surface area (Å²) in [5, 5.41) is 22.7. The molecule has 12 N–H and O–H groups in total. The number of imide groups is 2. The highest BCUT2D eigenvalue weighted by Crippen LogP contribution is 2.50. The molecule has 150 heavy (non-hydrogen) atoms. The molecule has 42 heteroatoms. The third-order valence-electron chi connectivity index (χ3n) is 28.3.